The van der Waals surface area contributed by atoms with E-state index in [0.29, 0.717) is 25.1 Å². The second-order valence-corrected chi connectivity index (χ2v) is 8.71. The normalized spacial score (nSPS) is 17.9. The highest BCUT2D eigenvalue weighted by atomic mass is 16.5. The van der Waals surface area contributed by atoms with Crippen molar-refractivity contribution in [2.45, 2.75) is 39.3 Å². The van der Waals surface area contributed by atoms with Crippen molar-refractivity contribution in [3.8, 4) is 0 Å². The molecule has 1 N–H and O–H groups in total. The minimum atomic E-state index is -0.656. The Morgan fingerprint density at radius 3 is 2.52 bits per heavy atom. The Balaban J connectivity index is 1.82. The number of hydrogen-bond acceptors (Lipinski definition) is 4. The summed E-state index contributed by atoms with van der Waals surface area (Å²) in [6.07, 6.45) is 0.696. The van der Waals surface area contributed by atoms with Gasteiger partial charge < -0.3 is 14.7 Å². The number of aliphatic hydroxyl groups excluding tert-OH is 1. The molecule has 1 amide bonds. The Labute approximate surface area is 194 Å². The van der Waals surface area contributed by atoms with Gasteiger partial charge in [-0.15, -0.1) is 0 Å². The number of nitrogens with zero attached hydrogens (tertiary/aromatic N) is 1. The maximum absolute atomic E-state index is 13.2. The van der Waals surface area contributed by atoms with Gasteiger partial charge in [-0.1, -0.05) is 72.3 Å². The molecule has 0 spiro atoms. The fourth-order valence-corrected chi connectivity index (χ4v) is 4.43. The minimum absolute atomic E-state index is 0.0966. The van der Waals surface area contributed by atoms with Gasteiger partial charge >= 0.3 is 0 Å². The van der Waals surface area contributed by atoms with E-state index in [-0.39, 0.29) is 17.4 Å². The second kappa shape index (κ2) is 9.59. The third kappa shape index (κ3) is 4.55. The molecule has 1 aliphatic rings. The van der Waals surface area contributed by atoms with Crippen LogP contribution in [0.5, 0.6) is 0 Å². The maximum Gasteiger partial charge on any atom is 0.295 e. The predicted molar refractivity (Wildman–Crippen MR) is 130 cm³/mol. The zero-order valence-corrected chi connectivity index (χ0v) is 19.2. The Hall–Kier alpha value is -3.44. The fourth-order valence-electron chi connectivity index (χ4n) is 4.43. The van der Waals surface area contributed by atoms with Crippen molar-refractivity contribution in [2.75, 3.05) is 13.2 Å². The van der Waals surface area contributed by atoms with Gasteiger partial charge in [0.25, 0.3) is 11.7 Å². The summed E-state index contributed by atoms with van der Waals surface area (Å²) in [7, 11) is 0. The average molecular weight is 444 g/mol. The van der Waals surface area contributed by atoms with E-state index in [1.807, 2.05) is 81.4 Å². The molecule has 5 heteroatoms. The Morgan fingerprint density at radius 1 is 1.03 bits per heavy atom. The molecule has 1 fully saturated rings. The largest absolute Gasteiger partial charge is 0.507 e. The van der Waals surface area contributed by atoms with E-state index in [0.717, 1.165) is 21.9 Å². The lowest BCUT2D eigenvalue weighted by atomic mass is 9.93. The van der Waals surface area contributed by atoms with Gasteiger partial charge in [0, 0.05) is 18.7 Å². The van der Waals surface area contributed by atoms with E-state index in [1.165, 1.54) is 0 Å². The Kier molecular flexibility index (Phi) is 6.61. The number of carbonyl (C=O) groups is 2. The number of likely N-dealkylation sites (tertiary alicyclic amines) is 1. The average Bonchev–Trinajstić information content (AvgIpc) is 3.06. The van der Waals surface area contributed by atoms with Crippen LogP contribution in [0, 0.1) is 6.92 Å². The zero-order chi connectivity index (χ0) is 23.5. The van der Waals surface area contributed by atoms with Gasteiger partial charge in [-0.2, -0.15) is 0 Å². The van der Waals surface area contributed by atoms with Gasteiger partial charge in [0.1, 0.15) is 5.76 Å². The number of fused-ring (bicyclic) bond motifs is 1. The molecule has 1 unspecified atom stereocenters. The van der Waals surface area contributed by atoms with E-state index in [2.05, 4.69) is 0 Å². The van der Waals surface area contributed by atoms with E-state index in [1.54, 1.807) is 11.0 Å². The van der Waals surface area contributed by atoms with Crippen LogP contribution < -0.4 is 0 Å². The number of aliphatic hydroxyl groups is 1. The summed E-state index contributed by atoms with van der Waals surface area (Å²) in [5, 5.41) is 13.2. The number of hydrogen-bond donors (Lipinski definition) is 1. The lowest BCUT2D eigenvalue weighted by Gasteiger charge is -2.26. The predicted octanol–water partition coefficient (Wildman–Crippen LogP) is 5.39. The van der Waals surface area contributed by atoms with E-state index in [9.17, 15) is 14.7 Å². The van der Waals surface area contributed by atoms with Crippen LogP contribution in [0.4, 0.5) is 0 Å². The number of ketones is 1. The van der Waals surface area contributed by atoms with Gasteiger partial charge in [0.05, 0.1) is 17.7 Å². The van der Waals surface area contributed by atoms with Gasteiger partial charge in [-0.25, -0.2) is 0 Å². The number of carbonyl (C=O) groups excluding carboxylic acids is 2. The van der Waals surface area contributed by atoms with Gasteiger partial charge in [0.15, 0.2) is 0 Å². The molecule has 1 aliphatic heterocycles. The van der Waals surface area contributed by atoms with E-state index < -0.39 is 17.7 Å². The van der Waals surface area contributed by atoms with Crippen molar-refractivity contribution < 1.29 is 19.4 Å². The molecule has 1 atom stereocenters. The maximum atomic E-state index is 13.2. The molecular weight excluding hydrogens is 414 g/mol. The minimum Gasteiger partial charge on any atom is -0.507 e. The third-order valence-corrected chi connectivity index (χ3v) is 5.94. The molecule has 170 valence electrons. The molecule has 0 bridgehead atoms. The quantitative estimate of drug-likeness (QED) is 0.230. The number of Topliss-reactive ketones (excluding diaryl/α,β-unsaturated/α-hetero) is 1. The number of aryl methyl sites for hydroxylation is 1. The first-order valence-electron chi connectivity index (χ1n) is 11.3. The topological polar surface area (TPSA) is 66.8 Å². The van der Waals surface area contributed by atoms with Gasteiger partial charge in [-0.3, -0.25) is 9.59 Å². The van der Waals surface area contributed by atoms with E-state index in [4.69, 9.17) is 4.74 Å². The van der Waals surface area contributed by atoms with Crippen LogP contribution >= 0.6 is 0 Å². The molecule has 33 heavy (non-hydrogen) atoms. The number of ether oxygens (including phenoxy) is 1. The summed E-state index contributed by atoms with van der Waals surface area (Å²) in [5.74, 6) is -1.39. The fraction of sp³-hybridized carbons (Fsp3) is 0.286. The summed E-state index contributed by atoms with van der Waals surface area (Å²) < 4.78 is 5.63. The van der Waals surface area contributed by atoms with Crippen molar-refractivity contribution in [3.63, 3.8) is 0 Å². The molecule has 3 aromatic carbocycles. The SMILES string of the molecule is Cc1cccc(C2/C(=C(/O)c3cccc4ccccc34)C(=O)C(=O)N2CCCOC(C)C)c1. The molecule has 0 aromatic heterocycles. The highest BCUT2D eigenvalue weighted by molar-refractivity contribution is 6.46. The van der Waals surface area contributed by atoms with Crippen molar-refractivity contribution in [2.24, 2.45) is 0 Å². The van der Waals surface area contributed by atoms with Crippen molar-refractivity contribution in [3.05, 3.63) is 89.0 Å². The third-order valence-electron chi connectivity index (χ3n) is 5.94. The van der Waals surface area contributed by atoms with Crippen molar-refractivity contribution in [1.82, 2.24) is 4.90 Å². The molecule has 0 saturated carbocycles. The standard InChI is InChI=1S/C28H29NO4/c1-18(2)33-16-8-15-29-25(21-12-6-9-19(3)17-21)24(27(31)28(29)32)26(30)23-14-7-11-20-10-4-5-13-22(20)23/h4-7,9-14,17-18,25,30H,8,15-16H2,1-3H3/b26-24-. The number of amides is 1. The lowest BCUT2D eigenvalue weighted by molar-refractivity contribution is -0.140. The highest BCUT2D eigenvalue weighted by Crippen LogP contribution is 2.40. The molecular formula is C28H29NO4. The first-order valence-corrected chi connectivity index (χ1v) is 11.3. The van der Waals surface area contributed by atoms with Crippen LogP contribution in [0.2, 0.25) is 0 Å². The number of rotatable bonds is 7. The summed E-state index contributed by atoms with van der Waals surface area (Å²) >= 11 is 0. The monoisotopic (exact) mass is 443 g/mol. The van der Waals surface area contributed by atoms with Crippen LogP contribution in [0.15, 0.2) is 72.3 Å². The highest BCUT2D eigenvalue weighted by Gasteiger charge is 2.45. The summed E-state index contributed by atoms with van der Waals surface area (Å²) in [4.78, 5) is 27.9. The lowest BCUT2D eigenvalue weighted by Crippen LogP contribution is -2.31. The molecule has 5 nitrogen and oxygen atoms in total. The Morgan fingerprint density at radius 2 is 1.76 bits per heavy atom. The smallest absolute Gasteiger partial charge is 0.295 e. The zero-order valence-electron chi connectivity index (χ0n) is 19.2. The first-order chi connectivity index (χ1) is 15.9. The summed E-state index contributed by atoms with van der Waals surface area (Å²) in [5.41, 5.74) is 2.51. The molecule has 1 heterocycles. The van der Waals surface area contributed by atoms with Crippen LogP contribution in [0.1, 0.15) is 43.0 Å². The van der Waals surface area contributed by atoms with Crippen molar-refractivity contribution >= 4 is 28.2 Å². The van der Waals surface area contributed by atoms with Gasteiger partial charge in [0.2, 0.25) is 0 Å². The van der Waals surface area contributed by atoms with Crippen LogP contribution in [-0.4, -0.2) is 41.0 Å². The molecule has 4 rings (SSSR count). The molecule has 1 saturated heterocycles. The summed E-state index contributed by atoms with van der Waals surface area (Å²) in [6.45, 7) is 6.75. The molecule has 0 aliphatic carbocycles. The molecule has 3 aromatic rings. The van der Waals surface area contributed by atoms with E-state index >= 15 is 0 Å². The van der Waals surface area contributed by atoms with Crippen LogP contribution in [-0.2, 0) is 14.3 Å². The van der Waals surface area contributed by atoms with Crippen LogP contribution in [0.25, 0.3) is 16.5 Å². The first kappa shape index (κ1) is 22.7. The van der Waals surface area contributed by atoms with Crippen LogP contribution in [0.3, 0.4) is 0 Å². The van der Waals surface area contributed by atoms with Crippen molar-refractivity contribution in [1.29, 1.82) is 0 Å². The summed E-state index contributed by atoms with van der Waals surface area (Å²) in [6, 6.07) is 20.4. The molecule has 0 radical (unpaired) electrons. The second-order valence-electron chi connectivity index (χ2n) is 8.71. The number of benzene rings is 3. The Bertz CT molecular complexity index is 1220. The van der Waals surface area contributed by atoms with Gasteiger partial charge in [-0.05, 0) is 43.5 Å².